The largest absolute Gasteiger partial charge is 0.364 e. The first-order chi connectivity index (χ1) is 8.72. The molecule has 0 saturated heterocycles. The summed E-state index contributed by atoms with van der Waals surface area (Å²) < 4.78 is 0. The van der Waals surface area contributed by atoms with Crippen LogP contribution in [0, 0.1) is 0 Å². The molecule has 0 amide bonds. The Kier molecular flexibility index (Phi) is 6.54. The number of benzene rings is 1. The highest BCUT2D eigenvalue weighted by atomic mass is 32.1. The van der Waals surface area contributed by atoms with Gasteiger partial charge < -0.3 is 5.32 Å². The molecule has 1 rings (SSSR count). The highest BCUT2D eigenvalue weighted by Gasteiger charge is 2.15. The minimum atomic E-state index is 0.174. The molecule has 0 bridgehead atoms. The lowest BCUT2D eigenvalue weighted by Gasteiger charge is -2.26. The van der Waals surface area contributed by atoms with Gasteiger partial charge in [-0.2, -0.15) is 0 Å². The van der Waals surface area contributed by atoms with Gasteiger partial charge in [0.05, 0.1) is 6.04 Å². The Morgan fingerprint density at radius 2 is 1.94 bits per heavy atom. The number of nitrogens with zero attached hydrogens (tertiary/aromatic N) is 2. The third-order valence-electron chi connectivity index (χ3n) is 2.89. The van der Waals surface area contributed by atoms with Gasteiger partial charge in [-0.1, -0.05) is 44.2 Å². The van der Waals surface area contributed by atoms with Crippen LogP contribution in [0.1, 0.15) is 25.5 Å². The van der Waals surface area contributed by atoms with Gasteiger partial charge in [-0.3, -0.25) is 4.90 Å². The fourth-order valence-corrected chi connectivity index (χ4v) is 1.92. The summed E-state index contributed by atoms with van der Waals surface area (Å²) in [4.78, 5) is 6.63. The summed E-state index contributed by atoms with van der Waals surface area (Å²) in [6.07, 6.45) is 1.92. The quantitative estimate of drug-likeness (QED) is 0.654. The van der Waals surface area contributed by atoms with Crippen molar-refractivity contribution in [1.29, 1.82) is 0 Å². The standard InChI is InChI=1S/C14H21N3S/c1-4-17(5-2)13(11-16-14(18)15-3)12-9-7-6-8-10-12/h6-11,13H,4-5H2,1-3H3,(H,15,18)/b16-11+. The lowest BCUT2D eigenvalue weighted by molar-refractivity contribution is 0.275. The lowest BCUT2D eigenvalue weighted by Crippen LogP contribution is -2.30. The summed E-state index contributed by atoms with van der Waals surface area (Å²) in [5.41, 5.74) is 1.24. The second-order valence-electron chi connectivity index (χ2n) is 3.91. The Morgan fingerprint density at radius 1 is 1.33 bits per heavy atom. The van der Waals surface area contributed by atoms with Gasteiger partial charge in [0, 0.05) is 13.3 Å². The molecule has 0 saturated carbocycles. The van der Waals surface area contributed by atoms with Crippen LogP contribution in [0.2, 0.25) is 0 Å². The predicted molar refractivity (Wildman–Crippen MR) is 82.3 cm³/mol. The number of aliphatic imine (C=N–C) groups is 1. The van der Waals surface area contributed by atoms with Crippen LogP contribution in [0.25, 0.3) is 0 Å². The van der Waals surface area contributed by atoms with E-state index in [1.165, 1.54) is 5.56 Å². The molecule has 3 nitrogen and oxygen atoms in total. The summed E-state index contributed by atoms with van der Waals surface area (Å²) in [5, 5.41) is 3.38. The van der Waals surface area contributed by atoms with E-state index in [4.69, 9.17) is 12.2 Å². The number of nitrogens with one attached hydrogen (secondary N) is 1. The van der Waals surface area contributed by atoms with Crippen molar-refractivity contribution in [2.24, 2.45) is 4.99 Å². The second-order valence-corrected chi connectivity index (χ2v) is 4.30. The zero-order valence-electron chi connectivity index (χ0n) is 11.3. The molecule has 0 radical (unpaired) electrons. The zero-order chi connectivity index (χ0) is 13.4. The topological polar surface area (TPSA) is 27.6 Å². The smallest absolute Gasteiger partial charge is 0.192 e. The van der Waals surface area contributed by atoms with Gasteiger partial charge in [-0.05, 0) is 30.9 Å². The lowest BCUT2D eigenvalue weighted by atomic mass is 10.1. The molecule has 1 N–H and O–H groups in total. The van der Waals surface area contributed by atoms with Crippen LogP contribution in [-0.4, -0.2) is 36.4 Å². The van der Waals surface area contributed by atoms with Crippen molar-refractivity contribution in [3.8, 4) is 0 Å². The first-order valence-electron chi connectivity index (χ1n) is 6.27. The molecule has 0 aromatic heterocycles. The van der Waals surface area contributed by atoms with Gasteiger partial charge in [-0.25, -0.2) is 4.99 Å². The first kappa shape index (κ1) is 14.8. The van der Waals surface area contributed by atoms with E-state index in [0.29, 0.717) is 5.11 Å². The second kappa shape index (κ2) is 7.95. The van der Waals surface area contributed by atoms with Crippen LogP contribution < -0.4 is 5.32 Å². The number of thiocarbonyl (C=S) groups is 1. The Bertz CT molecular complexity index is 385. The molecule has 98 valence electrons. The maximum Gasteiger partial charge on any atom is 0.192 e. The fraction of sp³-hybridized carbons (Fsp3) is 0.429. The van der Waals surface area contributed by atoms with Crippen molar-refractivity contribution in [2.45, 2.75) is 19.9 Å². The summed E-state index contributed by atoms with van der Waals surface area (Å²) in [5.74, 6) is 0. The monoisotopic (exact) mass is 263 g/mol. The Hall–Kier alpha value is -1.26. The summed E-state index contributed by atoms with van der Waals surface area (Å²) in [7, 11) is 1.79. The molecule has 1 atom stereocenters. The van der Waals surface area contributed by atoms with Gasteiger partial charge in [0.25, 0.3) is 0 Å². The third kappa shape index (κ3) is 4.20. The molecule has 0 heterocycles. The number of rotatable bonds is 5. The SMILES string of the molecule is CCN(CC)C(/C=N/C(=S)NC)c1ccccc1. The molecular formula is C14H21N3S. The summed E-state index contributed by atoms with van der Waals surface area (Å²) in [6, 6.07) is 10.5. The van der Waals surface area contributed by atoms with Crippen LogP contribution in [0.3, 0.4) is 0 Å². The maximum atomic E-state index is 5.06. The van der Waals surface area contributed by atoms with Crippen molar-refractivity contribution in [1.82, 2.24) is 10.2 Å². The van der Waals surface area contributed by atoms with Crippen molar-refractivity contribution < 1.29 is 0 Å². The van der Waals surface area contributed by atoms with Crippen LogP contribution in [0.5, 0.6) is 0 Å². The van der Waals surface area contributed by atoms with Crippen LogP contribution in [0.15, 0.2) is 35.3 Å². The van der Waals surface area contributed by atoms with Crippen LogP contribution >= 0.6 is 12.2 Å². The average Bonchev–Trinajstić information content (AvgIpc) is 2.44. The predicted octanol–water partition coefficient (Wildman–Crippen LogP) is 2.64. The van der Waals surface area contributed by atoms with E-state index in [9.17, 15) is 0 Å². The average molecular weight is 263 g/mol. The zero-order valence-corrected chi connectivity index (χ0v) is 12.1. The fourth-order valence-electron chi connectivity index (χ4n) is 1.86. The molecular weight excluding hydrogens is 242 g/mol. The van der Waals surface area contributed by atoms with Gasteiger partial charge in [-0.15, -0.1) is 0 Å². The minimum absolute atomic E-state index is 0.174. The molecule has 1 unspecified atom stereocenters. The van der Waals surface area contributed by atoms with E-state index in [0.717, 1.165) is 13.1 Å². The molecule has 1 aromatic rings. The van der Waals surface area contributed by atoms with Crippen LogP contribution in [-0.2, 0) is 0 Å². The highest BCUT2D eigenvalue weighted by molar-refractivity contribution is 7.80. The highest BCUT2D eigenvalue weighted by Crippen LogP contribution is 2.18. The van der Waals surface area contributed by atoms with E-state index in [1.807, 2.05) is 12.3 Å². The van der Waals surface area contributed by atoms with Crippen LogP contribution in [0.4, 0.5) is 0 Å². The molecule has 0 aliphatic carbocycles. The van der Waals surface area contributed by atoms with Crippen molar-refractivity contribution in [3.63, 3.8) is 0 Å². The van der Waals surface area contributed by atoms with E-state index in [1.54, 1.807) is 7.05 Å². The minimum Gasteiger partial charge on any atom is -0.364 e. The molecule has 0 spiro atoms. The first-order valence-corrected chi connectivity index (χ1v) is 6.68. The van der Waals surface area contributed by atoms with E-state index in [-0.39, 0.29) is 6.04 Å². The molecule has 1 aromatic carbocycles. The summed E-state index contributed by atoms with van der Waals surface area (Å²) >= 11 is 5.06. The molecule has 18 heavy (non-hydrogen) atoms. The van der Waals surface area contributed by atoms with Crippen molar-refractivity contribution in [2.75, 3.05) is 20.1 Å². The van der Waals surface area contributed by atoms with E-state index >= 15 is 0 Å². The number of hydrogen-bond donors (Lipinski definition) is 1. The van der Waals surface area contributed by atoms with Gasteiger partial charge in [0.15, 0.2) is 5.11 Å². The number of hydrogen-bond acceptors (Lipinski definition) is 2. The maximum absolute atomic E-state index is 5.06. The van der Waals surface area contributed by atoms with Gasteiger partial charge in [0.1, 0.15) is 0 Å². The van der Waals surface area contributed by atoms with Crippen molar-refractivity contribution >= 4 is 23.5 Å². The molecule has 4 heteroatoms. The molecule has 0 aliphatic heterocycles. The van der Waals surface area contributed by atoms with E-state index in [2.05, 4.69) is 53.3 Å². The van der Waals surface area contributed by atoms with Crippen molar-refractivity contribution in [3.05, 3.63) is 35.9 Å². The van der Waals surface area contributed by atoms with Gasteiger partial charge >= 0.3 is 0 Å². The Labute approximate surface area is 115 Å². The summed E-state index contributed by atoms with van der Waals surface area (Å²) in [6.45, 7) is 6.27. The molecule has 0 aliphatic rings. The normalized spacial score (nSPS) is 12.9. The van der Waals surface area contributed by atoms with Gasteiger partial charge in [0.2, 0.25) is 0 Å². The Morgan fingerprint density at radius 3 is 2.44 bits per heavy atom. The Balaban J connectivity index is 2.95. The molecule has 0 fully saturated rings. The van der Waals surface area contributed by atoms with E-state index < -0.39 is 0 Å². The third-order valence-corrected chi connectivity index (χ3v) is 3.20.